The summed E-state index contributed by atoms with van der Waals surface area (Å²) < 4.78 is 0. The molecule has 8 nitrogen and oxygen atoms in total. The second-order valence-corrected chi connectivity index (χ2v) is 7.29. The topological polar surface area (TPSA) is 81.7 Å². The first kappa shape index (κ1) is 19.4. The van der Waals surface area contributed by atoms with Crippen LogP contribution in [0.3, 0.4) is 0 Å². The van der Waals surface area contributed by atoms with E-state index in [0.717, 1.165) is 38.3 Å². The van der Waals surface area contributed by atoms with Gasteiger partial charge in [-0.2, -0.15) is 4.98 Å². The molecule has 0 spiro atoms. The molecule has 0 unspecified atom stereocenters. The Balaban J connectivity index is 1.45. The van der Waals surface area contributed by atoms with Gasteiger partial charge in [-0.3, -0.25) is 9.59 Å². The molecule has 0 atom stereocenters. The number of carbonyl (C=O) groups excluding carboxylic acids is 2. The van der Waals surface area contributed by atoms with Gasteiger partial charge in [-0.05, 0) is 31.7 Å². The summed E-state index contributed by atoms with van der Waals surface area (Å²) in [6, 6.07) is 1.95. The van der Waals surface area contributed by atoms with E-state index in [2.05, 4.69) is 20.2 Å². The van der Waals surface area contributed by atoms with E-state index in [4.69, 9.17) is 0 Å². The second kappa shape index (κ2) is 9.01. The van der Waals surface area contributed by atoms with Crippen molar-refractivity contribution in [2.75, 3.05) is 56.0 Å². The summed E-state index contributed by atoms with van der Waals surface area (Å²) in [4.78, 5) is 38.8. The second-order valence-electron chi connectivity index (χ2n) is 7.29. The molecule has 8 heteroatoms. The zero-order valence-corrected chi connectivity index (χ0v) is 16.4. The maximum atomic E-state index is 12.6. The van der Waals surface area contributed by atoms with Crippen LogP contribution in [0.1, 0.15) is 33.1 Å². The van der Waals surface area contributed by atoms with E-state index in [-0.39, 0.29) is 11.8 Å². The summed E-state index contributed by atoms with van der Waals surface area (Å²) in [6.45, 7) is 8.87. The van der Waals surface area contributed by atoms with E-state index in [0.29, 0.717) is 44.5 Å². The van der Waals surface area contributed by atoms with E-state index in [1.165, 1.54) is 0 Å². The van der Waals surface area contributed by atoms with Gasteiger partial charge in [0.05, 0.1) is 0 Å². The van der Waals surface area contributed by atoms with Crippen molar-refractivity contribution < 1.29 is 9.59 Å². The molecule has 0 aromatic carbocycles. The first-order valence-corrected chi connectivity index (χ1v) is 9.92. The number of nitrogens with zero attached hydrogens (tertiary/aromatic N) is 5. The van der Waals surface area contributed by atoms with Gasteiger partial charge < -0.3 is 20.0 Å². The number of piperazine rings is 1. The molecule has 2 fully saturated rings. The van der Waals surface area contributed by atoms with Crippen molar-refractivity contribution >= 4 is 23.6 Å². The number of rotatable bonds is 5. The van der Waals surface area contributed by atoms with Gasteiger partial charge in [0.1, 0.15) is 5.82 Å². The molecule has 1 N–H and O–H groups in total. The normalized spacial score (nSPS) is 18.5. The molecule has 1 aromatic rings. The van der Waals surface area contributed by atoms with Crippen LogP contribution in [-0.4, -0.2) is 77.4 Å². The van der Waals surface area contributed by atoms with Crippen molar-refractivity contribution in [2.45, 2.75) is 33.1 Å². The molecule has 3 heterocycles. The van der Waals surface area contributed by atoms with E-state index in [9.17, 15) is 9.59 Å². The van der Waals surface area contributed by atoms with E-state index < -0.39 is 0 Å². The first-order valence-electron chi connectivity index (χ1n) is 9.92. The van der Waals surface area contributed by atoms with Crippen molar-refractivity contribution in [3.8, 4) is 0 Å². The molecule has 0 radical (unpaired) electrons. The average molecular weight is 374 g/mol. The zero-order chi connectivity index (χ0) is 19.2. The van der Waals surface area contributed by atoms with Crippen LogP contribution in [0.2, 0.25) is 0 Å². The standard InChI is InChI=1S/C19H30N6O2/c1-3-20-19-21-7-4-17(22-19)24-8-5-16(6-9-24)14-18(27)25-12-10-23(11-13-25)15(2)26/h4,7,16H,3,5-6,8-14H2,1-2H3,(H,20,21,22). The van der Waals surface area contributed by atoms with Crippen molar-refractivity contribution in [3.63, 3.8) is 0 Å². The van der Waals surface area contributed by atoms with Crippen LogP contribution < -0.4 is 10.2 Å². The Morgan fingerprint density at radius 1 is 1.11 bits per heavy atom. The minimum absolute atomic E-state index is 0.0940. The SMILES string of the molecule is CCNc1nccc(N2CCC(CC(=O)N3CCN(C(C)=O)CC3)CC2)n1. The third kappa shape index (κ3) is 5.08. The van der Waals surface area contributed by atoms with Crippen molar-refractivity contribution in [3.05, 3.63) is 12.3 Å². The summed E-state index contributed by atoms with van der Waals surface area (Å²) in [5.41, 5.74) is 0. The van der Waals surface area contributed by atoms with Crippen LogP contribution >= 0.6 is 0 Å². The molecule has 27 heavy (non-hydrogen) atoms. The fraction of sp³-hybridized carbons (Fsp3) is 0.684. The monoisotopic (exact) mass is 374 g/mol. The third-order valence-electron chi connectivity index (χ3n) is 5.46. The van der Waals surface area contributed by atoms with Gasteiger partial charge in [0.2, 0.25) is 17.8 Å². The smallest absolute Gasteiger partial charge is 0.224 e. The number of hydrogen-bond donors (Lipinski definition) is 1. The van der Waals surface area contributed by atoms with Crippen LogP contribution in [0.5, 0.6) is 0 Å². The van der Waals surface area contributed by atoms with Crippen molar-refractivity contribution in [2.24, 2.45) is 5.92 Å². The first-order chi connectivity index (χ1) is 13.1. The lowest BCUT2D eigenvalue weighted by Gasteiger charge is -2.36. The number of aromatic nitrogens is 2. The number of nitrogens with one attached hydrogen (secondary N) is 1. The Labute approximate surface area is 160 Å². The summed E-state index contributed by atoms with van der Waals surface area (Å²) in [7, 11) is 0. The Morgan fingerprint density at radius 3 is 2.41 bits per heavy atom. The van der Waals surface area contributed by atoms with Crippen molar-refractivity contribution in [1.82, 2.24) is 19.8 Å². The number of anilines is 2. The lowest BCUT2D eigenvalue weighted by Crippen LogP contribution is -2.50. The predicted octanol–water partition coefficient (Wildman–Crippen LogP) is 1.21. The molecule has 0 bridgehead atoms. The minimum atomic E-state index is 0.0940. The molecule has 0 aliphatic carbocycles. The maximum absolute atomic E-state index is 12.6. The van der Waals surface area contributed by atoms with Crippen LogP contribution in [-0.2, 0) is 9.59 Å². The molecule has 2 aliphatic rings. The maximum Gasteiger partial charge on any atom is 0.224 e. The highest BCUT2D eigenvalue weighted by Gasteiger charge is 2.27. The molecule has 2 amide bonds. The summed E-state index contributed by atoms with van der Waals surface area (Å²) in [5, 5.41) is 3.14. The molecule has 3 rings (SSSR count). The van der Waals surface area contributed by atoms with Gasteiger partial charge in [-0.25, -0.2) is 4.98 Å². The fourth-order valence-corrected chi connectivity index (χ4v) is 3.78. The lowest BCUT2D eigenvalue weighted by molar-refractivity contribution is -0.139. The quantitative estimate of drug-likeness (QED) is 0.834. The lowest BCUT2D eigenvalue weighted by atomic mass is 9.93. The number of carbonyl (C=O) groups is 2. The molecular weight excluding hydrogens is 344 g/mol. The highest BCUT2D eigenvalue weighted by molar-refractivity contribution is 5.77. The van der Waals surface area contributed by atoms with Crippen LogP contribution in [0.4, 0.5) is 11.8 Å². The molecular formula is C19H30N6O2. The largest absolute Gasteiger partial charge is 0.356 e. The minimum Gasteiger partial charge on any atom is -0.356 e. The van der Waals surface area contributed by atoms with Gasteiger partial charge in [0.25, 0.3) is 0 Å². The molecule has 0 saturated carbocycles. The summed E-state index contributed by atoms with van der Waals surface area (Å²) in [6.07, 6.45) is 4.40. The van der Waals surface area contributed by atoms with Gasteiger partial charge in [-0.1, -0.05) is 0 Å². The molecule has 1 aromatic heterocycles. The third-order valence-corrected chi connectivity index (χ3v) is 5.46. The van der Waals surface area contributed by atoms with Gasteiger partial charge in [0, 0.05) is 65.4 Å². The van der Waals surface area contributed by atoms with Gasteiger partial charge >= 0.3 is 0 Å². The van der Waals surface area contributed by atoms with Crippen LogP contribution in [0, 0.1) is 5.92 Å². The van der Waals surface area contributed by atoms with Gasteiger partial charge in [0.15, 0.2) is 0 Å². The van der Waals surface area contributed by atoms with E-state index in [1.54, 1.807) is 13.1 Å². The van der Waals surface area contributed by atoms with Crippen LogP contribution in [0.15, 0.2) is 12.3 Å². The van der Waals surface area contributed by atoms with E-state index >= 15 is 0 Å². The summed E-state index contributed by atoms with van der Waals surface area (Å²) >= 11 is 0. The number of hydrogen-bond acceptors (Lipinski definition) is 6. The predicted molar refractivity (Wildman–Crippen MR) is 105 cm³/mol. The number of piperidine rings is 1. The van der Waals surface area contributed by atoms with E-state index in [1.807, 2.05) is 22.8 Å². The Kier molecular flexibility index (Phi) is 6.47. The highest BCUT2D eigenvalue weighted by Crippen LogP contribution is 2.25. The Morgan fingerprint density at radius 2 is 1.78 bits per heavy atom. The fourth-order valence-electron chi connectivity index (χ4n) is 3.78. The van der Waals surface area contributed by atoms with Crippen LogP contribution in [0.25, 0.3) is 0 Å². The summed E-state index contributed by atoms with van der Waals surface area (Å²) in [5.74, 6) is 2.36. The molecule has 2 saturated heterocycles. The molecule has 148 valence electrons. The zero-order valence-electron chi connectivity index (χ0n) is 16.4. The number of amides is 2. The van der Waals surface area contributed by atoms with Gasteiger partial charge in [-0.15, -0.1) is 0 Å². The Hall–Kier alpha value is -2.38. The van der Waals surface area contributed by atoms with Crippen molar-refractivity contribution in [1.29, 1.82) is 0 Å². The Bertz CT molecular complexity index is 651. The highest BCUT2D eigenvalue weighted by atomic mass is 16.2. The molecule has 2 aliphatic heterocycles. The average Bonchev–Trinajstić information content (AvgIpc) is 2.69.